The highest BCUT2D eigenvalue weighted by Crippen LogP contribution is 2.57. The second-order valence-corrected chi connectivity index (χ2v) is 5.77. The van der Waals surface area contributed by atoms with Crippen LogP contribution in [0.4, 0.5) is 0 Å². The van der Waals surface area contributed by atoms with Gasteiger partial charge in [-0.05, 0) is 56.8 Å². The molecule has 2 nitrogen and oxygen atoms in total. The molecule has 0 radical (unpaired) electrons. The lowest BCUT2D eigenvalue weighted by Crippen LogP contribution is -2.33. The molecule has 0 aromatic carbocycles. The monoisotopic (exact) mass is 212 g/mol. The Hall–Kier alpha value is -0.0800. The number of rotatable bonds is 5. The van der Waals surface area contributed by atoms with Gasteiger partial charge >= 0.3 is 0 Å². The van der Waals surface area contributed by atoms with Gasteiger partial charge in [0.05, 0.1) is 6.10 Å². The Bertz CT molecular complexity index is 215. The van der Waals surface area contributed by atoms with E-state index < -0.39 is 0 Å². The van der Waals surface area contributed by atoms with E-state index in [1.807, 2.05) is 0 Å². The quantitative estimate of drug-likeness (QED) is 0.759. The summed E-state index contributed by atoms with van der Waals surface area (Å²) in [5.74, 6) is 1.68. The molecule has 0 saturated heterocycles. The summed E-state index contributed by atoms with van der Waals surface area (Å²) in [5, 5.41) is 9.65. The summed E-state index contributed by atoms with van der Waals surface area (Å²) < 4.78 is 5.63. The first-order valence-corrected chi connectivity index (χ1v) is 6.39. The van der Waals surface area contributed by atoms with Gasteiger partial charge in [-0.2, -0.15) is 0 Å². The third-order valence-electron chi connectivity index (χ3n) is 4.47. The Balaban J connectivity index is 1.86. The predicted octanol–water partition coefficient (Wildman–Crippen LogP) is 2.60. The Kier molecular flexibility index (Phi) is 3.36. The summed E-state index contributed by atoms with van der Waals surface area (Å²) in [7, 11) is 0. The van der Waals surface area contributed by atoms with Gasteiger partial charge in [0.1, 0.15) is 0 Å². The molecule has 0 aromatic rings. The van der Waals surface area contributed by atoms with Gasteiger partial charge in [-0.1, -0.05) is 6.42 Å². The summed E-state index contributed by atoms with van der Waals surface area (Å²) >= 11 is 0. The number of aliphatic hydroxyl groups excluding tert-OH is 1. The molecule has 0 amide bonds. The van der Waals surface area contributed by atoms with Crippen molar-refractivity contribution in [2.24, 2.45) is 17.3 Å². The van der Waals surface area contributed by atoms with Gasteiger partial charge in [0, 0.05) is 13.2 Å². The summed E-state index contributed by atoms with van der Waals surface area (Å²) in [6.07, 6.45) is 6.73. The highest BCUT2D eigenvalue weighted by Gasteiger charge is 2.49. The number of ether oxygens (including phenoxy) is 1. The minimum absolute atomic E-state index is 0.220. The van der Waals surface area contributed by atoms with Gasteiger partial charge in [-0.3, -0.25) is 0 Å². The summed E-state index contributed by atoms with van der Waals surface area (Å²) in [4.78, 5) is 0. The Morgan fingerprint density at radius 3 is 2.67 bits per heavy atom. The van der Waals surface area contributed by atoms with Crippen LogP contribution in [0.5, 0.6) is 0 Å². The van der Waals surface area contributed by atoms with Gasteiger partial charge in [0.25, 0.3) is 0 Å². The Labute approximate surface area is 93.0 Å². The molecule has 0 aliphatic heterocycles. The summed E-state index contributed by atoms with van der Waals surface area (Å²) in [6.45, 7) is 5.34. The lowest BCUT2D eigenvalue weighted by molar-refractivity contribution is 0.00282. The maximum Gasteiger partial charge on any atom is 0.0518 e. The molecule has 2 heteroatoms. The van der Waals surface area contributed by atoms with Crippen LogP contribution in [0.15, 0.2) is 0 Å². The zero-order valence-electron chi connectivity index (χ0n) is 10.0. The van der Waals surface area contributed by atoms with Crippen LogP contribution in [0.2, 0.25) is 0 Å². The molecule has 1 N–H and O–H groups in total. The maximum atomic E-state index is 9.65. The lowest BCUT2D eigenvalue weighted by atomic mass is 9.71. The van der Waals surface area contributed by atoms with E-state index in [0.29, 0.717) is 12.7 Å². The van der Waals surface area contributed by atoms with E-state index in [1.165, 1.54) is 25.7 Å². The summed E-state index contributed by atoms with van der Waals surface area (Å²) in [5.41, 5.74) is 0.220. The minimum Gasteiger partial charge on any atom is -0.396 e. The SMILES string of the molecule is CC(C)OCCC1(CO)CC2CCC1C2. The molecule has 3 atom stereocenters. The second-order valence-electron chi connectivity index (χ2n) is 5.77. The standard InChI is InChI=1S/C13H24O2/c1-10(2)15-6-5-13(9-14)8-11-3-4-12(13)7-11/h10-12,14H,3-9H2,1-2H3. The summed E-state index contributed by atoms with van der Waals surface area (Å²) in [6, 6.07) is 0. The topological polar surface area (TPSA) is 29.5 Å². The molecule has 2 aliphatic rings. The molecular weight excluding hydrogens is 188 g/mol. The van der Waals surface area contributed by atoms with Gasteiger partial charge in [0.15, 0.2) is 0 Å². The van der Waals surface area contributed by atoms with E-state index in [0.717, 1.165) is 24.9 Å². The average Bonchev–Trinajstić information content (AvgIpc) is 2.77. The second kappa shape index (κ2) is 4.42. The molecule has 3 unspecified atom stereocenters. The van der Waals surface area contributed by atoms with E-state index in [2.05, 4.69) is 13.8 Å². The van der Waals surface area contributed by atoms with Gasteiger partial charge in [-0.15, -0.1) is 0 Å². The van der Waals surface area contributed by atoms with E-state index in [1.54, 1.807) is 0 Å². The first-order chi connectivity index (χ1) is 7.16. The molecule has 2 rings (SSSR count). The third-order valence-corrected chi connectivity index (χ3v) is 4.47. The van der Waals surface area contributed by atoms with Crippen molar-refractivity contribution in [1.29, 1.82) is 0 Å². The highest BCUT2D eigenvalue weighted by molar-refractivity contribution is 4.99. The van der Waals surface area contributed by atoms with E-state index in [9.17, 15) is 5.11 Å². The van der Waals surface area contributed by atoms with Gasteiger partial charge in [-0.25, -0.2) is 0 Å². The van der Waals surface area contributed by atoms with Crippen LogP contribution in [0.25, 0.3) is 0 Å². The van der Waals surface area contributed by atoms with Gasteiger partial charge < -0.3 is 9.84 Å². The fourth-order valence-corrected chi connectivity index (χ4v) is 3.63. The zero-order chi connectivity index (χ0) is 10.9. The molecule has 2 aliphatic carbocycles. The van der Waals surface area contributed by atoms with Crippen molar-refractivity contribution < 1.29 is 9.84 Å². The molecule has 2 bridgehead atoms. The fraction of sp³-hybridized carbons (Fsp3) is 1.00. The molecule has 0 aromatic heterocycles. The third kappa shape index (κ3) is 2.21. The Morgan fingerprint density at radius 2 is 2.20 bits per heavy atom. The number of hydrogen-bond acceptors (Lipinski definition) is 2. The molecule has 2 fully saturated rings. The van der Waals surface area contributed by atoms with Crippen molar-refractivity contribution in [2.45, 2.75) is 52.1 Å². The average molecular weight is 212 g/mol. The van der Waals surface area contributed by atoms with Crippen molar-refractivity contribution in [1.82, 2.24) is 0 Å². The zero-order valence-corrected chi connectivity index (χ0v) is 10.0. The number of hydrogen-bond donors (Lipinski definition) is 1. The molecule has 0 spiro atoms. The molecule has 15 heavy (non-hydrogen) atoms. The van der Waals surface area contributed by atoms with Crippen LogP contribution in [-0.4, -0.2) is 24.4 Å². The molecule has 88 valence electrons. The highest BCUT2D eigenvalue weighted by atomic mass is 16.5. The number of aliphatic hydroxyl groups is 1. The largest absolute Gasteiger partial charge is 0.396 e. The lowest BCUT2D eigenvalue weighted by Gasteiger charge is -2.36. The van der Waals surface area contributed by atoms with Crippen molar-refractivity contribution >= 4 is 0 Å². The first kappa shape index (κ1) is 11.4. The van der Waals surface area contributed by atoms with E-state index in [-0.39, 0.29) is 5.41 Å². The van der Waals surface area contributed by atoms with Crippen LogP contribution in [0.1, 0.15) is 46.0 Å². The Morgan fingerprint density at radius 1 is 1.40 bits per heavy atom. The fourth-order valence-electron chi connectivity index (χ4n) is 3.63. The smallest absolute Gasteiger partial charge is 0.0518 e. The van der Waals surface area contributed by atoms with Crippen molar-refractivity contribution in [3.05, 3.63) is 0 Å². The van der Waals surface area contributed by atoms with Crippen LogP contribution in [0.3, 0.4) is 0 Å². The maximum absolute atomic E-state index is 9.65. The molecule has 0 heterocycles. The van der Waals surface area contributed by atoms with Crippen LogP contribution < -0.4 is 0 Å². The van der Waals surface area contributed by atoms with Crippen LogP contribution in [0, 0.1) is 17.3 Å². The normalized spacial score (nSPS) is 39.2. The minimum atomic E-state index is 0.220. The van der Waals surface area contributed by atoms with Crippen molar-refractivity contribution in [3.8, 4) is 0 Å². The van der Waals surface area contributed by atoms with E-state index in [4.69, 9.17) is 4.74 Å². The molecule has 2 saturated carbocycles. The van der Waals surface area contributed by atoms with Crippen molar-refractivity contribution in [3.63, 3.8) is 0 Å². The molecular formula is C13H24O2. The first-order valence-electron chi connectivity index (χ1n) is 6.39. The van der Waals surface area contributed by atoms with Crippen LogP contribution >= 0.6 is 0 Å². The number of fused-ring (bicyclic) bond motifs is 2. The van der Waals surface area contributed by atoms with E-state index >= 15 is 0 Å². The predicted molar refractivity (Wildman–Crippen MR) is 60.7 cm³/mol. The van der Waals surface area contributed by atoms with Crippen LogP contribution in [-0.2, 0) is 4.74 Å². The van der Waals surface area contributed by atoms with Crippen molar-refractivity contribution in [2.75, 3.05) is 13.2 Å². The van der Waals surface area contributed by atoms with Gasteiger partial charge in [0.2, 0.25) is 0 Å².